The van der Waals surface area contributed by atoms with E-state index in [9.17, 15) is 0 Å². The van der Waals surface area contributed by atoms with E-state index in [-0.39, 0.29) is 0 Å². The van der Waals surface area contributed by atoms with Crippen LogP contribution in [0.4, 0.5) is 5.69 Å². The molecule has 0 unspecified atom stereocenters. The van der Waals surface area contributed by atoms with E-state index in [0.717, 1.165) is 6.54 Å². The highest BCUT2D eigenvalue weighted by Crippen LogP contribution is 2.18. The minimum Gasteiger partial charge on any atom is -0.348 e. The number of nitrogens with zero attached hydrogens (tertiary/aromatic N) is 1. The average molecular weight is 173 g/mol. The number of benzene rings is 1. The van der Waals surface area contributed by atoms with Crippen molar-refractivity contribution >= 4 is 5.69 Å². The number of hydrogen-bond acceptors (Lipinski definition) is 1. The van der Waals surface area contributed by atoms with Gasteiger partial charge in [-0.2, -0.15) is 0 Å². The minimum absolute atomic E-state index is 1.15. The Morgan fingerprint density at radius 2 is 1.92 bits per heavy atom. The molecule has 0 spiro atoms. The van der Waals surface area contributed by atoms with Gasteiger partial charge in [0.2, 0.25) is 0 Å². The SMILES string of the molecule is Cc1ccc(N2C=CCCC2)cc1. The lowest BCUT2D eigenvalue weighted by Crippen LogP contribution is -2.19. The van der Waals surface area contributed by atoms with Crippen molar-refractivity contribution < 1.29 is 0 Å². The summed E-state index contributed by atoms with van der Waals surface area (Å²) in [5.74, 6) is 0. The van der Waals surface area contributed by atoms with E-state index in [1.807, 2.05) is 0 Å². The first-order valence-corrected chi connectivity index (χ1v) is 4.86. The Hall–Kier alpha value is -1.24. The van der Waals surface area contributed by atoms with Crippen LogP contribution in [-0.2, 0) is 0 Å². The van der Waals surface area contributed by atoms with Crippen LogP contribution >= 0.6 is 0 Å². The van der Waals surface area contributed by atoms with Gasteiger partial charge in [0, 0.05) is 18.4 Å². The minimum atomic E-state index is 1.15. The molecule has 13 heavy (non-hydrogen) atoms. The van der Waals surface area contributed by atoms with Gasteiger partial charge in [-0.05, 0) is 31.9 Å². The topological polar surface area (TPSA) is 3.24 Å². The fourth-order valence-corrected chi connectivity index (χ4v) is 1.61. The molecule has 1 heterocycles. The van der Waals surface area contributed by atoms with E-state index in [0.29, 0.717) is 0 Å². The van der Waals surface area contributed by atoms with Crippen LogP contribution in [0.5, 0.6) is 0 Å². The predicted molar refractivity (Wildman–Crippen MR) is 56.9 cm³/mol. The summed E-state index contributed by atoms with van der Waals surface area (Å²) < 4.78 is 0. The van der Waals surface area contributed by atoms with Gasteiger partial charge in [-0.25, -0.2) is 0 Å². The third-order valence-electron chi connectivity index (χ3n) is 2.42. The Labute approximate surface area is 79.7 Å². The van der Waals surface area contributed by atoms with E-state index in [1.54, 1.807) is 0 Å². The predicted octanol–water partition coefficient (Wildman–Crippen LogP) is 3.11. The van der Waals surface area contributed by atoms with Crippen LogP contribution in [0, 0.1) is 6.92 Å². The normalized spacial score (nSPS) is 16.2. The number of anilines is 1. The van der Waals surface area contributed by atoms with Gasteiger partial charge in [-0.15, -0.1) is 0 Å². The zero-order valence-corrected chi connectivity index (χ0v) is 8.03. The first kappa shape index (κ1) is 8.36. The molecule has 1 nitrogen and oxygen atoms in total. The van der Waals surface area contributed by atoms with Crippen molar-refractivity contribution in [3.05, 3.63) is 42.1 Å². The molecule has 0 atom stereocenters. The zero-order chi connectivity index (χ0) is 9.10. The van der Waals surface area contributed by atoms with Crippen LogP contribution in [0.3, 0.4) is 0 Å². The maximum Gasteiger partial charge on any atom is 0.0406 e. The summed E-state index contributed by atoms with van der Waals surface area (Å²) in [5, 5.41) is 0. The van der Waals surface area contributed by atoms with Gasteiger partial charge >= 0.3 is 0 Å². The molecule has 1 aliphatic heterocycles. The van der Waals surface area contributed by atoms with Crippen molar-refractivity contribution in [2.45, 2.75) is 19.8 Å². The highest BCUT2D eigenvalue weighted by atomic mass is 15.1. The highest BCUT2D eigenvalue weighted by molar-refractivity contribution is 5.50. The molecule has 2 rings (SSSR count). The van der Waals surface area contributed by atoms with E-state index >= 15 is 0 Å². The lowest BCUT2D eigenvalue weighted by Gasteiger charge is -2.23. The molecule has 0 bridgehead atoms. The van der Waals surface area contributed by atoms with Crippen LogP contribution in [0.1, 0.15) is 18.4 Å². The second-order valence-corrected chi connectivity index (χ2v) is 3.56. The van der Waals surface area contributed by atoms with Gasteiger partial charge in [-0.1, -0.05) is 23.8 Å². The van der Waals surface area contributed by atoms with Gasteiger partial charge in [0.1, 0.15) is 0 Å². The van der Waals surface area contributed by atoms with E-state index < -0.39 is 0 Å². The van der Waals surface area contributed by atoms with Gasteiger partial charge in [-0.3, -0.25) is 0 Å². The van der Waals surface area contributed by atoms with Crippen LogP contribution in [0.2, 0.25) is 0 Å². The number of hydrogen-bond donors (Lipinski definition) is 0. The molecule has 1 aromatic rings. The quantitative estimate of drug-likeness (QED) is 0.630. The molecule has 1 heteroatoms. The third kappa shape index (κ3) is 1.92. The molecule has 0 aliphatic carbocycles. The molecule has 0 N–H and O–H groups in total. The van der Waals surface area contributed by atoms with Gasteiger partial charge < -0.3 is 4.90 Å². The molecular formula is C12H15N. The molecular weight excluding hydrogens is 158 g/mol. The Kier molecular flexibility index (Phi) is 2.35. The lowest BCUT2D eigenvalue weighted by molar-refractivity contribution is 0.786. The second kappa shape index (κ2) is 3.65. The summed E-state index contributed by atoms with van der Waals surface area (Å²) >= 11 is 0. The molecule has 0 fully saturated rings. The lowest BCUT2D eigenvalue weighted by atomic mass is 10.2. The van der Waals surface area contributed by atoms with E-state index in [4.69, 9.17) is 0 Å². The van der Waals surface area contributed by atoms with Crippen LogP contribution < -0.4 is 4.90 Å². The summed E-state index contributed by atoms with van der Waals surface area (Å²) in [5.41, 5.74) is 2.63. The summed E-state index contributed by atoms with van der Waals surface area (Å²) in [6.45, 7) is 3.27. The summed E-state index contributed by atoms with van der Waals surface area (Å²) in [4.78, 5) is 2.31. The molecule has 1 aromatic carbocycles. The molecule has 68 valence electrons. The number of aryl methyl sites for hydroxylation is 1. The van der Waals surface area contributed by atoms with E-state index in [1.165, 1.54) is 24.1 Å². The van der Waals surface area contributed by atoms with Crippen LogP contribution in [-0.4, -0.2) is 6.54 Å². The molecule has 0 radical (unpaired) electrons. The second-order valence-electron chi connectivity index (χ2n) is 3.56. The molecule has 0 amide bonds. The smallest absolute Gasteiger partial charge is 0.0406 e. The molecule has 0 saturated carbocycles. The van der Waals surface area contributed by atoms with Gasteiger partial charge in [0.05, 0.1) is 0 Å². The molecule has 1 aliphatic rings. The Morgan fingerprint density at radius 3 is 2.54 bits per heavy atom. The fraction of sp³-hybridized carbons (Fsp3) is 0.333. The molecule has 0 saturated heterocycles. The standard InChI is InChI=1S/C12H15N/c1-11-5-7-12(8-6-11)13-9-3-2-4-10-13/h3,5-9H,2,4,10H2,1H3. The van der Waals surface area contributed by atoms with Gasteiger partial charge in [0.15, 0.2) is 0 Å². The monoisotopic (exact) mass is 173 g/mol. The highest BCUT2D eigenvalue weighted by Gasteiger charge is 2.04. The van der Waals surface area contributed by atoms with Crippen molar-refractivity contribution in [3.8, 4) is 0 Å². The van der Waals surface area contributed by atoms with Crippen molar-refractivity contribution in [1.82, 2.24) is 0 Å². The largest absolute Gasteiger partial charge is 0.348 e. The maximum atomic E-state index is 2.31. The zero-order valence-electron chi connectivity index (χ0n) is 8.03. The van der Waals surface area contributed by atoms with Crippen molar-refractivity contribution in [2.75, 3.05) is 11.4 Å². The molecule has 0 aromatic heterocycles. The fourth-order valence-electron chi connectivity index (χ4n) is 1.61. The maximum absolute atomic E-state index is 2.31. The Balaban J connectivity index is 2.19. The summed E-state index contributed by atoms with van der Waals surface area (Å²) in [6.07, 6.45) is 6.92. The number of rotatable bonds is 1. The van der Waals surface area contributed by atoms with Crippen LogP contribution in [0.15, 0.2) is 36.5 Å². The van der Waals surface area contributed by atoms with Crippen molar-refractivity contribution in [1.29, 1.82) is 0 Å². The summed E-state index contributed by atoms with van der Waals surface area (Å²) in [7, 11) is 0. The van der Waals surface area contributed by atoms with Crippen molar-refractivity contribution in [3.63, 3.8) is 0 Å². The van der Waals surface area contributed by atoms with Crippen LogP contribution in [0.25, 0.3) is 0 Å². The Morgan fingerprint density at radius 1 is 1.15 bits per heavy atom. The first-order chi connectivity index (χ1) is 6.36. The first-order valence-electron chi connectivity index (χ1n) is 4.86. The third-order valence-corrected chi connectivity index (χ3v) is 2.42. The summed E-state index contributed by atoms with van der Waals surface area (Å²) in [6, 6.07) is 8.70. The Bertz CT molecular complexity index is 297. The van der Waals surface area contributed by atoms with E-state index in [2.05, 4.69) is 48.4 Å². The average Bonchev–Trinajstić information content (AvgIpc) is 2.20. The number of allylic oxidation sites excluding steroid dienone is 1. The van der Waals surface area contributed by atoms with Crippen molar-refractivity contribution in [2.24, 2.45) is 0 Å². The van der Waals surface area contributed by atoms with Gasteiger partial charge in [0.25, 0.3) is 0 Å².